The SMILES string of the molecule is C=C(COC(=O)C=CC)C(=O)OCC. The van der Waals surface area contributed by atoms with Gasteiger partial charge in [0.2, 0.25) is 0 Å². The maximum Gasteiger partial charge on any atom is 0.336 e. The van der Waals surface area contributed by atoms with Gasteiger partial charge in [0, 0.05) is 6.08 Å². The van der Waals surface area contributed by atoms with E-state index in [1.54, 1.807) is 19.9 Å². The largest absolute Gasteiger partial charge is 0.463 e. The first-order chi connectivity index (χ1) is 6.61. The maximum absolute atomic E-state index is 11.0. The topological polar surface area (TPSA) is 52.6 Å². The van der Waals surface area contributed by atoms with E-state index in [4.69, 9.17) is 0 Å². The molecule has 0 radical (unpaired) electrons. The highest BCUT2D eigenvalue weighted by Crippen LogP contribution is 1.96. The lowest BCUT2D eigenvalue weighted by atomic mass is 10.3. The van der Waals surface area contributed by atoms with Crippen molar-refractivity contribution in [2.75, 3.05) is 13.2 Å². The standard InChI is InChI=1S/C10H14O4/c1-4-6-9(11)14-7-8(3)10(12)13-5-2/h4,6H,3,5,7H2,1-2H3. The molecule has 0 saturated heterocycles. The van der Waals surface area contributed by atoms with E-state index in [1.807, 2.05) is 0 Å². The second-order valence-corrected chi connectivity index (χ2v) is 2.43. The summed E-state index contributed by atoms with van der Waals surface area (Å²) in [7, 11) is 0. The van der Waals surface area contributed by atoms with Crippen LogP contribution in [0.5, 0.6) is 0 Å². The number of hydrogen-bond donors (Lipinski definition) is 0. The molecule has 4 heteroatoms. The summed E-state index contributed by atoms with van der Waals surface area (Å²) in [5.74, 6) is -1.04. The summed E-state index contributed by atoms with van der Waals surface area (Å²) >= 11 is 0. The average molecular weight is 198 g/mol. The molecule has 0 aliphatic carbocycles. The van der Waals surface area contributed by atoms with E-state index in [0.717, 1.165) is 0 Å². The average Bonchev–Trinajstić information content (AvgIpc) is 2.15. The first-order valence-electron chi connectivity index (χ1n) is 4.26. The Labute approximate surface area is 83.2 Å². The number of ether oxygens (including phenoxy) is 2. The second-order valence-electron chi connectivity index (χ2n) is 2.43. The Balaban J connectivity index is 3.84. The molecule has 0 aromatic carbocycles. The van der Waals surface area contributed by atoms with Gasteiger partial charge in [0.25, 0.3) is 0 Å². The Hall–Kier alpha value is -1.58. The highest BCUT2D eigenvalue weighted by molar-refractivity contribution is 5.89. The van der Waals surface area contributed by atoms with Gasteiger partial charge in [-0.05, 0) is 13.8 Å². The molecule has 0 unspecified atom stereocenters. The number of allylic oxidation sites excluding steroid dienone is 1. The Bertz CT molecular complexity index is 253. The Kier molecular flexibility index (Phi) is 6.11. The van der Waals surface area contributed by atoms with Crippen molar-refractivity contribution >= 4 is 11.9 Å². The molecule has 0 amide bonds. The minimum atomic E-state index is -0.541. The van der Waals surface area contributed by atoms with E-state index in [2.05, 4.69) is 16.1 Å². The fourth-order valence-electron chi connectivity index (χ4n) is 0.635. The van der Waals surface area contributed by atoms with Gasteiger partial charge >= 0.3 is 11.9 Å². The lowest BCUT2D eigenvalue weighted by Crippen LogP contribution is -2.13. The van der Waals surface area contributed by atoms with Crippen molar-refractivity contribution in [2.45, 2.75) is 13.8 Å². The molecule has 78 valence electrons. The van der Waals surface area contributed by atoms with E-state index >= 15 is 0 Å². The van der Waals surface area contributed by atoms with Gasteiger partial charge in [-0.2, -0.15) is 0 Å². The van der Waals surface area contributed by atoms with Crippen LogP contribution in [0.15, 0.2) is 24.3 Å². The van der Waals surface area contributed by atoms with Gasteiger partial charge < -0.3 is 9.47 Å². The summed E-state index contributed by atoms with van der Waals surface area (Å²) in [4.78, 5) is 21.8. The molecule has 0 bridgehead atoms. The van der Waals surface area contributed by atoms with Crippen molar-refractivity contribution in [1.82, 2.24) is 0 Å². The minimum Gasteiger partial charge on any atom is -0.463 e. The van der Waals surface area contributed by atoms with Crippen LogP contribution in [0.3, 0.4) is 0 Å². The maximum atomic E-state index is 11.0. The molecule has 0 aromatic rings. The Morgan fingerprint density at radius 3 is 2.50 bits per heavy atom. The molecule has 0 spiro atoms. The molecule has 0 fully saturated rings. The summed E-state index contributed by atoms with van der Waals surface area (Å²) in [6, 6.07) is 0. The van der Waals surface area contributed by atoms with Crippen LogP contribution in [0.25, 0.3) is 0 Å². The first kappa shape index (κ1) is 12.4. The third-order valence-corrected chi connectivity index (χ3v) is 1.26. The summed E-state index contributed by atoms with van der Waals surface area (Å²) in [5.41, 5.74) is 0.129. The fraction of sp³-hybridized carbons (Fsp3) is 0.400. The molecule has 14 heavy (non-hydrogen) atoms. The van der Waals surface area contributed by atoms with Gasteiger partial charge in [-0.15, -0.1) is 0 Å². The van der Waals surface area contributed by atoms with Crippen LogP contribution < -0.4 is 0 Å². The predicted molar refractivity (Wildman–Crippen MR) is 51.5 cm³/mol. The van der Waals surface area contributed by atoms with Gasteiger partial charge in [0.1, 0.15) is 6.61 Å². The summed E-state index contributed by atoms with van der Waals surface area (Å²) in [6.07, 6.45) is 2.81. The van der Waals surface area contributed by atoms with Crippen LogP contribution in [0, 0.1) is 0 Å². The van der Waals surface area contributed by atoms with Crippen LogP contribution in [0.4, 0.5) is 0 Å². The Morgan fingerprint density at radius 2 is 2.00 bits per heavy atom. The summed E-state index contributed by atoms with van der Waals surface area (Å²) < 4.78 is 9.33. The summed E-state index contributed by atoms with van der Waals surface area (Å²) in [5, 5.41) is 0. The van der Waals surface area contributed by atoms with Gasteiger partial charge in [-0.25, -0.2) is 9.59 Å². The smallest absolute Gasteiger partial charge is 0.336 e. The zero-order valence-electron chi connectivity index (χ0n) is 8.41. The molecular formula is C10H14O4. The van der Waals surface area contributed by atoms with Crippen molar-refractivity contribution in [3.8, 4) is 0 Å². The zero-order chi connectivity index (χ0) is 11.0. The lowest BCUT2D eigenvalue weighted by Gasteiger charge is -2.04. The highest BCUT2D eigenvalue weighted by atomic mass is 16.5. The van der Waals surface area contributed by atoms with E-state index in [1.165, 1.54) is 6.08 Å². The number of rotatable bonds is 5. The van der Waals surface area contributed by atoms with Crippen LogP contribution in [-0.4, -0.2) is 25.2 Å². The number of carbonyl (C=O) groups excluding carboxylic acids is 2. The second kappa shape index (κ2) is 6.88. The molecule has 4 nitrogen and oxygen atoms in total. The Morgan fingerprint density at radius 1 is 1.36 bits per heavy atom. The highest BCUT2D eigenvalue weighted by Gasteiger charge is 2.09. The lowest BCUT2D eigenvalue weighted by molar-refractivity contribution is -0.141. The van der Waals surface area contributed by atoms with Crippen LogP contribution in [0.2, 0.25) is 0 Å². The third-order valence-electron chi connectivity index (χ3n) is 1.26. The molecule has 0 heterocycles. The van der Waals surface area contributed by atoms with Gasteiger partial charge in [0.05, 0.1) is 12.2 Å². The van der Waals surface area contributed by atoms with Gasteiger partial charge in [-0.1, -0.05) is 12.7 Å². The molecular weight excluding hydrogens is 184 g/mol. The van der Waals surface area contributed by atoms with Crippen LogP contribution in [-0.2, 0) is 19.1 Å². The quantitative estimate of drug-likeness (QED) is 0.492. The molecule has 0 rings (SSSR count). The van der Waals surface area contributed by atoms with E-state index in [0.29, 0.717) is 0 Å². The van der Waals surface area contributed by atoms with Gasteiger partial charge in [-0.3, -0.25) is 0 Å². The minimum absolute atomic E-state index is 0.129. The normalized spacial score (nSPS) is 9.86. The number of hydrogen-bond acceptors (Lipinski definition) is 4. The first-order valence-corrected chi connectivity index (χ1v) is 4.26. The van der Waals surface area contributed by atoms with Crippen molar-refractivity contribution in [1.29, 1.82) is 0 Å². The monoisotopic (exact) mass is 198 g/mol. The molecule has 0 aliphatic heterocycles. The van der Waals surface area contributed by atoms with Crippen LogP contribution in [0.1, 0.15) is 13.8 Å². The van der Waals surface area contributed by atoms with Crippen LogP contribution >= 0.6 is 0 Å². The molecule has 0 saturated carbocycles. The van der Waals surface area contributed by atoms with E-state index in [9.17, 15) is 9.59 Å². The van der Waals surface area contributed by atoms with Crippen molar-refractivity contribution in [3.63, 3.8) is 0 Å². The fourth-order valence-corrected chi connectivity index (χ4v) is 0.635. The van der Waals surface area contributed by atoms with Gasteiger partial charge in [0.15, 0.2) is 0 Å². The third kappa shape index (κ3) is 5.13. The number of esters is 2. The molecule has 0 aromatic heterocycles. The molecule has 0 N–H and O–H groups in total. The molecule has 0 aliphatic rings. The molecule has 0 atom stereocenters. The summed E-state index contributed by atoms with van der Waals surface area (Å²) in [6.45, 7) is 6.96. The van der Waals surface area contributed by atoms with Crippen molar-refractivity contribution < 1.29 is 19.1 Å². The van der Waals surface area contributed by atoms with Crippen molar-refractivity contribution in [2.24, 2.45) is 0 Å². The van der Waals surface area contributed by atoms with E-state index < -0.39 is 11.9 Å². The van der Waals surface area contributed by atoms with E-state index in [-0.39, 0.29) is 18.8 Å². The van der Waals surface area contributed by atoms with Crippen molar-refractivity contribution in [3.05, 3.63) is 24.3 Å². The predicted octanol–water partition coefficient (Wildman–Crippen LogP) is 1.22. The number of carbonyl (C=O) groups is 2. The zero-order valence-corrected chi connectivity index (χ0v) is 8.41.